The minimum absolute atomic E-state index is 0.555. The van der Waals surface area contributed by atoms with Crippen LogP contribution in [0.5, 0.6) is 0 Å². The molecule has 0 aromatic carbocycles. The molecule has 0 bridgehead atoms. The van der Waals surface area contributed by atoms with Gasteiger partial charge in [0, 0.05) is 19.6 Å². The maximum Gasteiger partial charge on any atom is 0.202 e. The van der Waals surface area contributed by atoms with Crippen LogP contribution in [-0.4, -0.2) is 43.9 Å². The Bertz CT molecular complexity index is 581. The van der Waals surface area contributed by atoms with Crippen molar-refractivity contribution in [1.82, 2.24) is 24.2 Å². The lowest BCUT2D eigenvalue weighted by molar-refractivity contribution is 0.284. The highest BCUT2D eigenvalue weighted by atomic mass is 15.4. The number of likely N-dealkylation sites (N-methyl/N-ethyl adjacent to an activating group) is 1. The highest BCUT2D eigenvalue weighted by Gasteiger charge is 2.24. The fourth-order valence-corrected chi connectivity index (χ4v) is 2.95. The Morgan fingerprint density at radius 2 is 2.17 bits per heavy atom. The van der Waals surface area contributed by atoms with E-state index in [-0.39, 0.29) is 0 Å². The maximum atomic E-state index is 6.05. The van der Waals surface area contributed by atoms with Crippen LogP contribution in [0.25, 0.3) is 11.2 Å². The second-order valence-electron chi connectivity index (χ2n) is 5.24. The number of aromatic nitrogens is 4. The van der Waals surface area contributed by atoms with Gasteiger partial charge in [0.15, 0.2) is 5.65 Å². The van der Waals surface area contributed by atoms with E-state index < -0.39 is 0 Å². The first kappa shape index (κ1) is 11.5. The Morgan fingerprint density at radius 1 is 1.39 bits per heavy atom. The zero-order chi connectivity index (χ0) is 12.9. The van der Waals surface area contributed by atoms with Gasteiger partial charge < -0.3 is 10.6 Å². The van der Waals surface area contributed by atoms with Crippen LogP contribution in [0.15, 0.2) is 0 Å². The molecule has 1 unspecified atom stereocenters. The van der Waals surface area contributed by atoms with E-state index in [0.717, 1.165) is 23.4 Å². The molecule has 6 nitrogen and oxygen atoms in total. The average molecular weight is 248 g/mol. The molecule has 1 aliphatic heterocycles. The normalized spacial score (nSPS) is 21.2. The molecule has 3 rings (SSSR count). The van der Waals surface area contributed by atoms with Crippen molar-refractivity contribution in [2.75, 3.05) is 19.3 Å². The fourth-order valence-electron chi connectivity index (χ4n) is 2.95. The van der Waals surface area contributed by atoms with Crippen molar-refractivity contribution in [3.8, 4) is 0 Å². The van der Waals surface area contributed by atoms with E-state index in [1.807, 2.05) is 18.7 Å². The van der Waals surface area contributed by atoms with Gasteiger partial charge in [-0.05, 0) is 33.4 Å². The van der Waals surface area contributed by atoms with Gasteiger partial charge in [-0.1, -0.05) is 0 Å². The highest BCUT2D eigenvalue weighted by molar-refractivity contribution is 5.77. The Hall–Kier alpha value is -1.56. The second kappa shape index (κ2) is 3.98. The van der Waals surface area contributed by atoms with Crippen molar-refractivity contribution in [2.45, 2.75) is 32.4 Å². The van der Waals surface area contributed by atoms with Crippen molar-refractivity contribution < 1.29 is 0 Å². The van der Waals surface area contributed by atoms with Crippen molar-refractivity contribution in [3.05, 3.63) is 5.69 Å². The molecule has 0 radical (unpaired) electrons. The lowest BCUT2D eigenvalue weighted by Gasteiger charge is -2.20. The van der Waals surface area contributed by atoms with E-state index in [4.69, 9.17) is 5.73 Å². The summed E-state index contributed by atoms with van der Waals surface area (Å²) >= 11 is 0. The van der Waals surface area contributed by atoms with Gasteiger partial charge in [0.05, 0.1) is 5.69 Å². The van der Waals surface area contributed by atoms with Crippen LogP contribution < -0.4 is 5.73 Å². The van der Waals surface area contributed by atoms with Gasteiger partial charge >= 0.3 is 0 Å². The van der Waals surface area contributed by atoms with E-state index in [1.54, 1.807) is 0 Å². The zero-order valence-electron chi connectivity index (χ0n) is 11.2. The van der Waals surface area contributed by atoms with Crippen molar-refractivity contribution >= 4 is 17.1 Å². The molecular weight excluding hydrogens is 228 g/mol. The minimum atomic E-state index is 0.555. The van der Waals surface area contributed by atoms with Crippen molar-refractivity contribution in [1.29, 1.82) is 0 Å². The lowest BCUT2D eigenvalue weighted by atomic mass is 10.2. The summed E-state index contributed by atoms with van der Waals surface area (Å²) in [4.78, 5) is 6.84. The van der Waals surface area contributed by atoms with Gasteiger partial charge in [0.1, 0.15) is 5.52 Å². The average Bonchev–Trinajstić information content (AvgIpc) is 2.92. The molecule has 2 N–H and O–H groups in total. The third-order valence-electron chi connectivity index (χ3n) is 3.98. The first-order chi connectivity index (χ1) is 8.58. The van der Waals surface area contributed by atoms with E-state index in [1.165, 1.54) is 19.4 Å². The summed E-state index contributed by atoms with van der Waals surface area (Å²) in [6.45, 7) is 4.05. The number of aryl methyl sites for hydroxylation is 2. The molecule has 0 spiro atoms. The Labute approximate surface area is 106 Å². The molecule has 0 saturated carbocycles. The Kier molecular flexibility index (Phi) is 2.55. The number of nitrogen functional groups attached to an aromatic ring is 1. The van der Waals surface area contributed by atoms with Crippen LogP contribution in [0.3, 0.4) is 0 Å². The molecule has 98 valence electrons. The van der Waals surface area contributed by atoms with Crippen LogP contribution >= 0.6 is 0 Å². The molecule has 3 heterocycles. The summed E-state index contributed by atoms with van der Waals surface area (Å²) in [5.74, 6) is 0.599. The second-order valence-corrected chi connectivity index (χ2v) is 5.24. The molecular formula is C12H20N6. The molecule has 0 amide bonds. The first-order valence-corrected chi connectivity index (χ1v) is 6.43. The third-order valence-corrected chi connectivity index (χ3v) is 3.98. The van der Waals surface area contributed by atoms with Gasteiger partial charge in [-0.2, -0.15) is 5.10 Å². The number of anilines is 1. The molecule has 0 aliphatic carbocycles. The summed E-state index contributed by atoms with van der Waals surface area (Å²) in [6.07, 6.45) is 2.50. The summed E-state index contributed by atoms with van der Waals surface area (Å²) in [7, 11) is 4.13. The molecule has 6 heteroatoms. The Morgan fingerprint density at radius 3 is 2.83 bits per heavy atom. The number of imidazole rings is 1. The molecule has 2 aromatic rings. The number of hydrogen-bond acceptors (Lipinski definition) is 4. The van der Waals surface area contributed by atoms with Crippen molar-refractivity contribution in [2.24, 2.45) is 7.05 Å². The van der Waals surface area contributed by atoms with Gasteiger partial charge in [-0.15, -0.1) is 0 Å². The van der Waals surface area contributed by atoms with Gasteiger partial charge in [0.25, 0.3) is 0 Å². The molecule has 18 heavy (non-hydrogen) atoms. The standard InChI is InChI=1S/C12H20N6/c1-8-10-11(17(3)15-8)18(12(13)14-10)7-9-5-4-6-16(9)2/h9H,4-7H2,1-3H3,(H2,13,14). The first-order valence-electron chi connectivity index (χ1n) is 6.43. The number of rotatable bonds is 2. The van der Waals surface area contributed by atoms with Crippen LogP contribution in [0, 0.1) is 6.92 Å². The van der Waals surface area contributed by atoms with E-state index in [0.29, 0.717) is 12.0 Å². The summed E-state index contributed by atoms with van der Waals surface area (Å²) in [6, 6.07) is 0.555. The Balaban J connectivity index is 2.02. The van der Waals surface area contributed by atoms with E-state index >= 15 is 0 Å². The smallest absolute Gasteiger partial charge is 0.202 e. The molecule has 1 fully saturated rings. The number of nitrogens with zero attached hydrogens (tertiary/aromatic N) is 5. The van der Waals surface area contributed by atoms with Crippen LogP contribution in [-0.2, 0) is 13.6 Å². The molecule has 1 aliphatic rings. The number of nitrogens with two attached hydrogens (primary N) is 1. The summed E-state index contributed by atoms with van der Waals surface area (Å²) in [5, 5.41) is 4.41. The number of hydrogen-bond donors (Lipinski definition) is 1. The van der Waals surface area contributed by atoms with Gasteiger partial charge in [-0.3, -0.25) is 9.25 Å². The van der Waals surface area contributed by atoms with Crippen LogP contribution in [0.1, 0.15) is 18.5 Å². The van der Waals surface area contributed by atoms with Crippen LogP contribution in [0.2, 0.25) is 0 Å². The minimum Gasteiger partial charge on any atom is -0.369 e. The topological polar surface area (TPSA) is 64.9 Å². The predicted octanol–water partition coefficient (Wildman–Crippen LogP) is 0.755. The van der Waals surface area contributed by atoms with Gasteiger partial charge in [-0.25, -0.2) is 4.98 Å². The molecule has 2 aromatic heterocycles. The monoisotopic (exact) mass is 248 g/mol. The summed E-state index contributed by atoms with van der Waals surface area (Å²) < 4.78 is 3.98. The third kappa shape index (κ3) is 1.59. The lowest BCUT2D eigenvalue weighted by Crippen LogP contribution is -2.30. The van der Waals surface area contributed by atoms with E-state index in [9.17, 15) is 0 Å². The maximum absolute atomic E-state index is 6.05. The molecule has 1 saturated heterocycles. The van der Waals surface area contributed by atoms with Crippen LogP contribution in [0.4, 0.5) is 5.95 Å². The summed E-state index contributed by atoms with van der Waals surface area (Å²) in [5.41, 5.74) is 8.95. The SMILES string of the molecule is Cc1nn(C)c2c1nc(N)n2CC1CCCN1C. The van der Waals surface area contributed by atoms with Gasteiger partial charge in [0.2, 0.25) is 5.95 Å². The quantitative estimate of drug-likeness (QED) is 0.852. The molecule has 1 atom stereocenters. The highest BCUT2D eigenvalue weighted by Crippen LogP contribution is 2.24. The van der Waals surface area contributed by atoms with Crippen molar-refractivity contribution in [3.63, 3.8) is 0 Å². The van der Waals surface area contributed by atoms with E-state index in [2.05, 4.69) is 26.6 Å². The zero-order valence-corrected chi connectivity index (χ0v) is 11.2. The largest absolute Gasteiger partial charge is 0.369 e. The number of likely N-dealkylation sites (tertiary alicyclic amines) is 1. The predicted molar refractivity (Wildman–Crippen MR) is 71.3 cm³/mol. The fraction of sp³-hybridized carbons (Fsp3) is 0.667. The number of fused-ring (bicyclic) bond motifs is 1.